The third kappa shape index (κ3) is 6.32. The fourth-order valence-electron chi connectivity index (χ4n) is 4.58. The molecule has 1 amide bonds. The van der Waals surface area contributed by atoms with Gasteiger partial charge in [0.05, 0.1) is 11.3 Å². The van der Waals surface area contributed by atoms with Crippen LogP contribution in [-0.2, 0) is 23.9 Å². The molecule has 3 rings (SSSR count). The lowest BCUT2D eigenvalue weighted by molar-refractivity contribution is -0.138. The molecule has 1 atom stereocenters. The van der Waals surface area contributed by atoms with Gasteiger partial charge >= 0.3 is 12.3 Å². The highest BCUT2D eigenvalue weighted by Gasteiger charge is 2.37. The van der Waals surface area contributed by atoms with Crippen molar-refractivity contribution in [2.75, 3.05) is 11.4 Å². The predicted molar refractivity (Wildman–Crippen MR) is 129 cm³/mol. The minimum atomic E-state index is -4.51. The summed E-state index contributed by atoms with van der Waals surface area (Å²) in [6.45, 7) is 11.9. The molecule has 186 valence electrons. The molecule has 0 radical (unpaired) electrons. The van der Waals surface area contributed by atoms with Crippen molar-refractivity contribution >= 4 is 11.8 Å². The van der Waals surface area contributed by atoms with Crippen molar-refractivity contribution in [1.29, 1.82) is 0 Å². The normalized spacial score (nSPS) is 16.7. The number of hydrogen-bond acceptors (Lipinski definition) is 3. The van der Waals surface area contributed by atoms with Gasteiger partial charge in [0.15, 0.2) is 0 Å². The van der Waals surface area contributed by atoms with Crippen molar-refractivity contribution in [3.05, 3.63) is 63.7 Å². The van der Waals surface area contributed by atoms with Crippen LogP contribution in [0.3, 0.4) is 0 Å². The first-order valence-corrected chi connectivity index (χ1v) is 11.8. The number of rotatable bonds is 4. The van der Waals surface area contributed by atoms with Crippen LogP contribution in [0.5, 0.6) is 0 Å². The van der Waals surface area contributed by atoms with Crippen LogP contribution in [0.25, 0.3) is 0 Å². The van der Waals surface area contributed by atoms with E-state index in [1.807, 2.05) is 13.8 Å². The lowest BCUT2D eigenvalue weighted by atomic mass is 9.94. The standard InChI is InChI=1S/C27H35F3N2O2/c1-7-20-14-21-23(31-16-19-12-17(2)11-18(3)13-19)9-8-10-32(25(33)34-26(4,5)6)24(21)15-22(20)27(28,29)30/h11-15,23,31H,7-10,16H2,1-6H3/t23-/m0/s1. The van der Waals surface area contributed by atoms with Crippen molar-refractivity contribution < 1.29 is 22.7 Å². The molecule has 0 saturated heterocycles. The van der Waals surface area contributed by atoms with Crippen molar-refractivity contribution in [3.63, 3.8) is 0 Å². The summed E-state index contributed by atoms with van der Waals surface area (Å²) in [6.07, 6.45) is -3.54. The zero-order valence-corrected chi connectivity index (χ0v) is 20.9. The van der Waals surface area contributed by atoms with Gasteiger partial charge in [-0.15, -0.1) is 0 Å². The van der Waals surface area contributed by atoms with Crippen LogP contribution in [0.4, 0.5) is 23.7 Å². The lowest BCUT2D eigenvalue weighted by Gasteiger charge is -2.29. The maximum Gasteiger partial charge on any atom is 0.416 e. The van der Waals surface area contributed by atoms with E-state index in [-0.39, 0.29) is 23.7 Å². The molecule has 1 heterocycles. The van der Waals surface area contributed by atoms with Crippen LogP contribution in [0.1, 0.15) is 80.0 Å². The number of benzene rings is 2. The van der Waals surface area contributed by atoms with E-state index in [0.717, 1.165) is 22.8 Å². The Labute approximate surface area is 200 Å². The maximum atomic E-state index is 13.9. The van der Waals surface area contributed by atoms with Gasteiger partial charge in [-0.3, -0.25) is 4.90 Å². The number of aryl methyl sites for hydroxylation is 3. The second-order valence-electron chi connectivity index (χ2n) is 10.1. The number of carbonyl (C=O) groups is 1. The monoisotopic (exact) mass is 476 g/mol. The molecule has 2 aromatic carbocycles. The van der Waals surface area contributed by atoms with E-state index in [0.29, 0.717) is 31.5 Å². The van der Waals surface area contributed by atoms with E-state index in [1.165, 1.54) is 4.90 Å². The highest BCUT2D eigenvalue weighted by atomic mass is 19.4. The summed E-state index contributed by atoms with van der Waals surface area (Å²) in [5.74, 6) is 0. The van der Waals surface area contributed by atoms with Gasteiger partial charge < -0.3 is 10.1 Å². The first kappa shape index (κ1) is 26.1. The van der Waals surface area contributed by atoms with Crippen LogP contribution in [-0.4, -0.2) is 18.2 Å². The number of carbonyl (C=O) groups excluding carboxylic acids is 1. The predicted octanol–water partition coefficient (Wildman–Crippen LogP) is 7.25. The molecule has 0 fully saturated rings. The smallest absolute Gasteiger partial charge is 0.416 e. The van der Waals surface area contributed by atoms with Gasteiger partial charge in [-0.2, -0.15) is 13.2 Å². The second kappa shape index (κ2) is 9.98. The third-order valence-corrected chi connectivity index (χ3v) is 5.93. The molecule has 1 N–H and O–H groups in total. The molecule has 2 aromatic rings. The highest BCUT2D eigenvalue weighted by molar-refractivity contribution is 5.89. The minimum Gasteiger partial charge on any atom is -0.443 e. The highest BCUT2D eigenvalue weighted by Crippen LogP contribution is 2.41. The molecule has 7 heteroatoms. The Morgan fingerprint density at radius 2 is 1.74 bits per heavy atom. The number of hydrogen-bond donors (Lipinski definition) is 1. The van der Waals surface area contributed by atoms with E-state index in [1.54, 1.807) is 33.8 Å². The van der Waals surface area contributed by atoms with Gasteiger partial charge in [-0.25, -0.2) is 4.79 Å². The van der Waals surface area contributed by atoms with Crippen LogP contribution in [0.2, 0.25) is 0 Å². The molecule has 0 aromatic heterocycles. The quantitative estimate of drug-likeness (QED) is 0.505. The minimum absolute atomic E-state index is 0.184. The summed E-state index contributed by atoms with van der Waals surface area (Å²) in [4.78, 5) is 14.4. The number of halogens is 3. The van der Waals surface area contributed by atoms with Crippen molar-refractivity contribution in [1.82, 2.24) is 5.32 Å². The summed E-state index contributed by atoms with van der Waals surface area (Å²) in [6, 6.07) is 8.89. The van der Waals surface area contributed by atoms with E-state index < -0.39 is 23.4 Å². The van der Waals surface area contributed by atoms with E-state index in [2.05, 4.69) is 23.5 Å². The molecule has 1 aliphatic rings. The Morgan fingerprint density at radius 1 is 1.09 bits per heavy atom. The molecule has 0 saturated carbocycles. The zero-order chi connectivity index (χ0) is 25.3. The number of fused-ring (bicyclic) bond motifs is 1. The SMILES string of the molecule is CCc1cc2c(cc1C(F)(F)F)N(C(=O)OC(C)(C)C)CCC[C@@H]2NCc1cc(C)cc(C)c1. The van der Waals surface area contributed by atoms with Crippen LogP contribution >= 0.6 is 0 Å². The fraction of sp³-hybridized carbons (Fsp3) is 0.519. The largest absolute Gasteiger partial charge is 0.443 e. The van der Waals surface area contributed by atoms with E-state index >= 15 is 0 Å². The molecule has 0 bridgehead atoms. The molecular formula is C27H35F3N2O2. The molecular weight excluding hydrogens is 441 g/mol. The Kier molecular flexibility index (Phi) is 7.65. The Hall–Kier alpha value is -2.54. The van der Waals surface area contributed by atoms with E-state index in [9.17, 15) is 18.0 Å². The van der Waals surface area contributed by atoms with E-state index in [4.69, 9.17) is 4.74 Å². The number of nitrogens with one attached hydrogen (secondary N) is 1. The van der Waals surface area contributed by atoms with Gasteiger partial charge in [0.1, 0.15) is 5.60 Å². The van der Waals surface area contributed by atoms with Crippen LogP contribution in [0.15, 0.2) is 30.3 Å². The molecule has 4 nitrogen and oxygen atoms in total. The number of alkyl halides is 3. The van der Waals surface area contributed by atoms with Crippen LogP contribution < -0.4 is 10.2 Å². The first-order chi connectivity index (χ1) is 15.8. The van der Waals surface area contributed by atoms with Gasteiger partial charge in [-0.1, -0.05) is 42.3 Å². The average Bonchev–Trinajstić information content (AvgIpc) is 2.87. The fourth-order valence-corrected chi connectivity index (χ4v) is 4.58. The Bertz CT molecular complexity index is 1020. The Balaban J connectivity index is 2.04. The number of ether oxygens (including phenoxy) is 1. The average molecular weight is 477 g/mol. The van der Waals surface area contributed by atoms with Gasteiger partial charge in [-0.05, 0) is 76.6 Å². The van der Waals surface area contributed by atoms with Gasteiger partial charge in [0, 0.05) is 19.1 Å². The lowest BCUT2D eigenvalue weighted by Crippen LogP contribution is -2.37. The molecule has 0 aliphatic carbocycles. The summed E-state index contributed by atoms with van der Waals surface area (Å²) in [5, 5.41) is 3.55. The number of amides is 1. The summed E-state index contributed by atoms with van der Waals surface area (Å²) < 4.78 is 47.2. The first-order valence-electron chi connectivity index (χ1n) is 11.8. The molecule has 0 spiro atoms. The topological polar surface area (TPSA) is 41.6 Å². The number of nitrogens with zero attached hydrogens (tertiary/aromatic N) is 1. The van der Waals surface area contributed by atoms with Crippen molar-refractivity contribution in [3.8, 4) is 0 Å². The third-order valence-electron chi connectivity index (χ3n) is 5.93. The Morgan fingerprint density at radius 3 is 2.29 bits per heavy atom. The van der Waals surface area contributed by atoms with Crippen LogP contribution in [0, 0.1) is 13.8 Å². The van der Waals surface area contributed by atoms with Gasteiger partial charge in [0.2, 0.25) is 0 Å². The summed E-state index contributed by atoms with van der Waals surface area (Å²) in [5.41, 5.74) is 3.21. The molecule has 1 aliphatic heterocycles. The zero-order valence-electron chi connectivity index (χ0n) is 20.9. The number of anilines is 1. The van der Waals surface area contributed by atoms with Crippen molar-refractivity contribution in [2.45, 2.75) is 85.2 Å². The summed E-state index contributed by atoms with van der Waals surface area (Å²) >= 11 is 0. The molecule has 0 unspecified atom stereocenters. The second-order valence-corrected chi connectivity index (χ2v) is 10.1. The molecule has 34 heavy (non-hydrogen) atoms. The summed E-state index contributed by atoms with van der Waals surface area (Å²) in [7, 11) is 0. The maximum absolute atomic E-state index is 13.9. The van der Waals surface area contributed by atoms with Gasteiger partial charge in [0.25, 0.3) is 0 Å². The van der Waals surface area contributed by atoms with Crippen molar-refractivity contribution in [2.24, 2.45) is 0 Å².